The highest BCUT2D eigenvalue weighted by molar-refractivity contribution is 6.04. The Hall–Kier alpha value is -3.12. The molecule has 0 unspecified atom stereocenters. The highest BCUT2D eigenvalue weighted by Gasteiger charge is 2.24. The Balaban J connectivity index is 0.00000107. The van der Waals surface area contributed by atoms with Gasteiger partial charge in [-0.25, -0.2) is 0 Å². The molecule has 1 saturated heterocycles. The number of allylic oxidation sites excluding steroid dienone is 1. The van der Waals surface area contributed by atoms with Crippen molar-refractivity contribution in [2.75, 3.05) is 26.7 Å². The molecule has 6 heteroatoms. The normalized spacial score (nSPS) is 13.7. The quantitative estimate of drug-likeness (QED) is 0.385. The number of para-hydroxylation sites is 1. The molecule has 0 atom stereocenters. The molecule has 2 aromatic carbocycles. The molecule has 0 spiro atoms. The van der Waals surface area contributed by atoms with Crippen molar-refractivity contribution in [3.63, 3.8) is 0 Å². The summed E-state index contributed by atoms with van der Waals surface area (Å²) in [6, 6.07) is 11.4. The van der Waals surface area contributed by atoms with E-state index in [1.807, 2.05) is 44.2 Å². The predicted molar refractivity (Wildman–Crippen MR) is 128 cm³/mol. The van der Waals surface area contributed by atoms with Crippen LogP contribution in [-0.4, -0.2) is 43.4 Å². The van der Waals surface area contributed by atoms with Crippen LogP contribution < -0.4 is 16.2 Å². The van der Waals surface area contributed by atoms with Gasteiger partial charge in [-0.3, -0.25) is 10.2 Å². The Kier molecular flexibility index (Phi) is 8.82. The van der Waals surface area contributed by atoms with Gasteiger partial charge in [0, 0.05) is 29.8 Å². The maximum absolute atomic E-state index is 12.1. The van der Waals surface area contributed by atoms with E-state index in [2.05, 4.69) is 11.5 Å². The second-order valence-electron chi connectivity index (χ2n) is 7.68. The van der Waals surface area contributed by atoms with Crippen LogP contribution in [0.15, 0.2) is 49.1 Å². The van der Waals surface area contributed by atoms with E-state index in [1.54, 1.807) is 19.3 Å². The topological polar surface area (TPSA) is 105 Å². The van der Waals surface area contributed by atoms with Crippen molar-refractivity contribution in [1.29, 1.82) is 5.41 Å². The molecule has 0 bridgehead atoms. The number of piperidine rings is 1. The van der Waals surface area contributed by atoms with Crippen molar-refractivity contribution in [3.05, 3.63) is 65.7 Å². The van der Waals surface area contributed by atoms with E-state index in [4.69, 9.17) is 21.6 Å². The fraction of sp³-hybridized carbons (Fsp3) is 0.360. The van der Waals surface area contributed by atoms with E-state index < -0.39 is 5.91 Å². The van der Waals surface area contributed by atoms with E-state index in [0.717, 1.165) is 48.2 Å². The molecule has 1 heterocycles. The summed E-state index contributed by atoms with van der Waals surface area (Å²) in [5.74, 6) is 1.16. The number of primary amides is 1. The second-order valence-corrected chi connectivity index (χ2v) is 7.68. The number of carbonyl (C=O) groups excluding carboxylic acids is 1. The number of carbonyl (C=O) groups is 1. The van der Waals surface area contributed by atoms with Gasteiger partial charge < -0.3 is 21.1 Å². The molecule has 2 aromatic rings. The van der Waals surface area contributed by atoms with Crippen LogP contribution >= 0.6 is 0 Å². The summed E-state index contributed by atoms with van der Waals surface area (Å²) < 4.78 is 5.48. The molecule has 1 fully saturated rings. The number of hydrogen-bond acceptors (Lipinski definition) is 4. The molecule has 0 aromatic heterocycles. The smallest absolute Gasteiger partial charge is 0.249 e. The minimum Gasteiger partial charge on any atom is -0.496 e. The van der Waals surface area contributed by atoms with Crippen LogP contribution in [0.5, 0.6) is 5.75 Å². The van der Waals surface area contributed by atoms with Crippen LogP contribution in [-0.2, 0) is 0 Å². The largest absolute Gasteiger partial charge is 0.496 e. The highest BCUT2D eigenvalue weighted by atomic mass is 16.5. The lowest BCUT2D eigenvalue weighted by atomic mass is 9.92. The Bertz CT molecular complexity index is 931. The number of benzene rings is 2. The van der Waals surface area contributed by atoms with E-state index in [1.165, 1.54) is 0 Å². The average molecular weight is 423 g/mol. The van der Waals surface area contributed by atoms with Crippen molar-refractivity contribution < 1.29 is 9.53 Å². The van der Waals surface area contributed by atoms with E-state index in [0.29, 0.717) is 29.6 Å². The SMILES string of the molecule is C=CC.COc1ccccc1-c1cc(C(=N)N2CCC(CN)CC2)c(C)c(C(N)=O)c1. The fourth-order valence-electron chi connectivity index (χ4n) is 3.82. The fourth-order valence-corrected chi connectivity index (χ4v) is 3.82. The van der Waals surface area contributed by atoms with Crippen LogP contribution in [0, 0.1) is 18.3 Å². The summed E-state index contributed by atoms with van der Waals surface area (Å²) in [5, 5.41) is 8.79. The van der Waals surface area contributed by atoms with Gasteiger partial charge in [-0.05, 0) is 68.5 Å². The summed E-state index contributed by atoms with van der Waals surface area (Å²) in [7, 11) is 1.62. The zero-order valence-corrected chi connectivity index (χ0v) is 18.8. The van der Waals surface area contributed by atoms with Gasteiger partial charge in [0.1, 0.15) is 11.6 Å². The third kappa shape index (κ3) is 5.73. The van der Waals surface area contributed by atoms with Crippen LogP contribution in [0.3, 0.4) is 0 Å². The van der Waals surface area contributed by atoms with Gasteiger partial charge >= 0.3 is 0 Å². The number of likely N-dealkylation sites (tertiary alicyclic amines) is 1. The third-order valence-corrected chi connectivity index (χ3v) is 5.61. The lowest BCUT2D eigenvalue weighted by Gasteiger charge is -2.34. The summed E-state index contributed by atoms with van der Waals surface area (Å²) in [5.41, 5.74) is 15.0. The van der Waals surface area contributed by atoms with Crippen LogP contribution in [0.2, 0.25) is 0 Å². The van der Waals surface area contributed by atoms with Gasteiger partial charge in [0.25, 0.3) is 0 Å². The molecular weight excluding hydrogens is 388 g/mol. The van der Waals surface area contributed by atoms with Crippen molar-refractivity contribution >= 4 is 11.7 Å². The lowest BCUT2D eigenvalue weighted by Crippen LogP contribution is -2.40. The molecule has 0 radical (unpaired) electrons. The van der Waals surface area contributed by atoms with E-state index in [-0.39, 0.29) is 0 Å². The van der Waals surface area contributed by atoms with Gasteiger partial charge in [0.2, 0.25) is 5.91 Å². The Morgan fingerprint density at radius 1 is 1.26 bits per heavy atom. The summed E-state index contributed by atoms with van der Waals surface area (Å²) in [6.07, 6.45) is 3.71. The number of nitrogens with two attached hydrogens (primary N) is 2. The van der Waals surface area contributed by atoms with Crippen molar-refractivity contribution in [2.45, 2.75) is 26.7 Å². The first-order valence-electron chi connectivity index (χ1n) is 10.6. The molecule has 31 heavy (non-hydrogen) atoms. The summed E-state index contributed by atoms with van der Waals surface area (Å²) in [6.45, 7) is 9.38. The van der Waals surface area contributed by atoms with Gasteiger partial charge in [-0.15, -0.1) is 6.58 Å². The number of hydrogen-bond donors (Lipinski definition) is 3. The molecule has 3 rings (SSSR count). The molecule has 166 valence electrons. The molecule has 5 N–H and O–H groups in total. The van der Waals surface area contributed by atoms with E-state index >= 15 is 0 Å². The number of ether oxygens (including phenoxy) is 1. The van der Waals surface area contributed by atoms with Crippen molar-refractivity contribution in [1.82, 2.24) is 4.90 Å². The van der Waals surface area contributed by atoms with E-state index in [9.17, 15) is 4.79 Å². The number of rotatable bonds is 5. The first kappa shape index (κ1) is 24.2. The zero-order chi connectivity index (χ0) is 23.0. The molecule has 1 aliphatic rings. The Labute approximate surface area is 185 Å². The number of nitrogens with zero attached hydrogens (tertiary/aromatic N) is 1. The summed E-state index contributed by atoms with van der Waals surface area (Å²) in [4.78, 5) is 14.1. The molecule has 0 aliphatic carbocycles. The monoisotopic (exact) mass is 422 g/mol. The highest BCUT2D eigenvalue weighted by Crippen LogP contribution is 2.33. The molecule has 0 saturated carbocycles. The van der Waals surface area contributed by atoms with Gasteiger partial charge in [0.15, 0.2) is 0 Å². The number of amidine groups is 1. The first-order chi connectivity index (χ1) is 14.9. The average Bonchev–Trinajstić information content (AvgIpc) is 2.79. The second kappa shape index (κ2) is 11.3. The molecule has 1 amide bonds. The first-order valence-corrected chi connectivity index (χ1v) is 10.6. The van der Waals surface area contributed by atoms with Gasteiger partial charge in [-0.2, -0.15) is 0 Å². The number of amides is 1. The minimum atomic E-state index is -0.495. The van der Waals surface area contributed by atoms with Crippen LogP contribution in [0.1, 0.15) is 41.3 Å². The van der Waals surface area contributed by atoms with Crippen molar-refractivity contribution in [2.24, 2.45) is 17.4 Å². The number of methoxy groups -OCH3 is 1. The molecule has 1 aliphatic heterocycles. The number of nitrogens with one attached hydrogen (secondary N) is 1. The third-order valence-electron chi connectivity index (χ3n) is 5.61. The van der Waals surface area contributed by atoms with Gasteiger partial charge in [0.05, 0.1) is 7.11 Å². The Morgan fingerprint density at radius 3 is 2.39 bits per heavy atom. The lowest BCUT2D eigenvalue weighted by molar-refractivity contribution is 0.0999. The summed E-state index contributed by atoms with van der Waals surface area (Å²) >= 11 is 0. The maximum Gasteiger partial charge on any atom is 0.249 e. The molecular formula is C25H34N4O2. The predicted octanol–water partition coefficient (Wildman–Crippen LogP) is 3.96. The Morgan fingerprint density at radius 2 is 1.84 bits per heavy atom. The van der Waals surface area contributed by atoms with Crippen LogP contribution in [0.25, 0.3) is 11.1 Å². The van der Waals surface area contributed by atoms with Crippen molar-refractivity contribution in [3.8, 4) is 16.9 Å². The standard InChI is InChI=1S/C22H28N4O2.C3H6/c1-14-18(21(24)26-9-7-15(13-23)8-10-26)11-16(12-19(14)22(25)27)17-5-3-4-6-20(17)28-2;1-3-2/h3-6,11-12,15,24H,7-10,13,23H2,1-2H3,(H2,25,27);3H,1H2,2H3. The maximum atomic E-state index is 12.1. The zero-order valence-electron chi connectivity index (χ0n) is 18.8. The molecule has 6 nitrogen and oxygen atoms in total. The minimum absolute atomic E-state index is 0.423. The van der Waals surface area contributed by atoms with Gasteiger partial charge in [-0.1, -0.05) is 24.3 Å². The van der Waals surface area contributed by atoms with Crippen LogP contribution in [0.4, 0.5) is 0 Å².